The van der Waals surface area contributed by atoms with Crippen molar-refractivity contribution in [3.05, 3.63) is 54.1 Å². The van der Waals surface area contributed by atoms with Crippen molar-refractivity contribution in [1.29, 1.82) is 0 Å². The third-order valence-corrected chi connectivity index (χ3v) is 2.81. The van der Waals surface area contributed by atoms with E-state index in [1.807, 2.05) is 48.5 Å². The average Bonchev–Trinajstić information content (AvgIpc) is 2.47. The van der Waals surface area contributed by atoms with Crippen LogP contribution in [0, 0.1) is 0 Å². The maximum atomic E-state index is 5.85. The molecular weight excluding hydrogens is 238 g/mol. The molecule has 0 fully saturated rings. The van der Waals surface area contributed by atoms with E-state index in [-0.39, 0.29) is 0 Å². The molecule has 0 atom stereocenters. The van der Waals surface area contributed by atoms with Gasteiger partial charge in [0.15, 0.2) is 0 Å². The van der Waals surface area contributed by atoms with Crippen LogP contribution in [0.2, 0.25) is 0 Å². The Morgan fingerprint density at radius 3 is 2.42 bits per heavy atom. The molecule has 1 N–H and O–H groups in total. The van der Waals surface area contributed by atoms with Crippen LogP contribution in [0.25, 0.3) is 0 Å². The van der Waals surface area contributed by atoms with Crippen molar-refractivity contribution >= 4 is 5.69 Å². The Hall–Kier alpha value is -2.16. The third kappa shape index (κ3) is 3.65. The van der Waals surface area contributed by atoms with Gasteiger partial charge in [0, 0.05) is 6.54 Å². The number of nitrogens with one attached hydrogen (secondary N) is 1. The van der Waals surface area contributed by atoms with Gasteiger partial charge in [-0.2, -0.15) is 0 Å². The molecule has 2 aromatic rings. The number of benzene rings is 2. The fourth-order valence-corrected chi connectivity index (χ4v) is 1.81. The summed E-state index contributed by atoms with van der Waals surface area (Å²) in [6.45, 7) is 3.50. The van der Waals surface area contributed by atoms with Crippen LogP contribution < -0.4 is 14.8 Å². The molecule has 0 amide bonds. The fraction of sp³-hybridized carbons (Fsp3) is 0.250. The van der Waals surface area contributed by atoms with Gasteiger partial charge in [-0.3, -0.25) is 0 Å². The van der Waals surface area contributed by atoms with Crippen LogP contribution in [0.3, 0.4) is 0 Å². The monoisotopic (exact) mass is 257 g/mol. The van der Waals surface area contributed by atoms with E-state index in [1.165, 1.54) is 0 Å². The number of hydrogen-bond acceptors (Lipinski definition) is 3. The largest absolute Gasteiger partial charge is 0.497 e. The Labute approximate surface area is 114 Å². The van der Waals surface area contributed by atoms with Crippen LogP contribution in [0.5, 0.6) is 11.5 Å². The molecule has 0 heterocycles. The first-order valence-corrected chi connectivity index (χ1v) is 6.42. The first-order chi connectivity index (χ1) is 9.33. The molecule has 2 aromatic carbocycles. The lowest BCUT2D eigenvalue weighted by Gasteiger charge is -2.12. The highest BCUT2D eigenvalue weighted by Gasteiger charge is 2.02. The van der Waals surface area contributed by atoms with Crippen LogP contribution in [-0.4, -0.2) is 13.7 Å². The van der Waals surface area contributed by atoms with Gasteiger partial charge in [0.25, 0.3) is 0 Å². The maximum Gasteiger partial charge on any atom is 0.142 e. The van der Waals surface area contributed by atoms with Gasteiger partial charge in [-0.15, -0.1) is 0 Å². The minimum Gasteiger partial charge on any atom is -0.497 e. The summed E-state index contributed by atoms with van der Waals surface area (Å²) in [5.41, 5.74) is 2.14. The highest BCUT2D eigenvalue weighted by molar-refractivity contribution is 5.56. The van der Waals surface area contributed by atoms with Gasteiger partial charge in [0.1, 0.15) is 18.1 Å². The topological polar surface area (TPSA) is 30.5 Å². The van der Waals surface area contributed by atoms with Crippen LogP contribution in [0.15, 0.2) is 48.5 Å². The molecule has 0 aliphatic heterocycles. The predicted octanol–water partition coefficient (Wildman–Crippen LogP) is 3.71. The zero-order valence-corrected chi connectivity index (χ0v) is 11.3. The van der Waals surface area contributed by atoms with Crippen molar-refractivity contribution < 1.29 is 9.47 Å². The predicted molar refractivity (Wildman–Crippen MR) is 77.9 cm³/mol. The molecule has 0 aliphatic rings. The van der Waals surface area contributed by atoms with E-state index in [0.717, 1.165) is 29.3 Å². The lowest BCUT2D eigenvalue weighted by Crippen LogP contribution is -2.01. The average molecular weight is 257 g/mol. The minimum absolute atomic E-state index is 0.548. The standard InChI is InChI=1S/C16H19NO2/c1-3-17-15-6-4-5-7-16(15)19-12-13-8-10-14(18-2)11-9-13/h4-11,17H,3,12H2,1-2H3. The smallest absolute Gasteiger partial charge is 0.142 e. The van der Waals surface area contributed by atoms with Gasteiger partial charge in [-0.05, 0) is 36.8 Å². The van der Waals surface area contributed by atoms with Crippen molar-refractivity contribution in [3.63, 3.8) is 0 Å². The Balaban J connectivity index is 2.01. The lowest BCUT2D eigenvalue weighted by molar-refractivity contribution is 0.307. The highest BCUT2D eigenvalue weighted by atomic mass is 16.5. The number of para-hydroxylation sites is 2. The molecule has 0 aliphatic carbocycles. The van der Waals surface area contributed by atoms with E-state index in [2.05, 4.69) is 12.2 Å². The highest BCUT2D eigenvalue weighted by Crippen LogP contribution is 2.24. The van der Waals surface area contributed by atoms with Crippen molar-refractivity contribution in [3.8, 4) is 11.5 Å². The summed E-state index contributed by atoms with van der Waals surface area (Å²) in [6.07, 6.45) is 0. The molecule has 0 bridgehead atoms. The van der Waals surface area contributed by atoms with E-state index in [4.69, 9.17) is 9.47 Å². The van der Waals surface area contributed by atoms with Gasteiger partial charge >= 0.3 is 0 Å². The van der Waals surface area contributed by atoms with Gasteiger partial charge in [0.05, 0.1) is 12.8 Å². The SMILES string of the molecule is CCNc1ccccc1OCc1ccc(OC)cc1. The number of anilines is 1. The van der Waals surface area contributed by atoms with Crippen LogP contribution >= 0.6 is 0 Å². The molecule has 0 saturated heterocycles. The Kier molecular flexibility index (Phi) is 4.67. The van der Waals surface area contributed by atoms with Crippen LogP contribution in [-0.2, 0) is 6.61 Å². The normalized spacial score (nSPS) is 10.0. The summed E-state index contributed by atoms with van der Waals surface area (Å²) < 4.78 is 11.0. The molecule has 3 nitrogen and oxygen atoms in total. The Morgan fingerprint density at radius 1 is 1.00 bits per heavy atom. The van der Waals surface area contributed by atoms with Gasteiger partial charge in [-0.25, -0.2) is 0 Å². The van der Waals surface area contributed by atoms with Crippen molar-refractivity contribution in [1.82, 2.24) is 0 Å². The molecule has 2 rings (SSSR count). The number of methoxy groups -OCH3 is 1. The van der Waals surface area contributed by atoms with Crippen molar-refractivity contribution in [2.45, 2.75) is 13.5 Å². The summed E-state index contributed by atoms with van der Waals surface area (Å²) >= 11 is 0. The number of hydrogen-bond donors (Lipinski definition) is 1. The van der Waals surface area contributed by atoms with Crippen LogP contribution in [0.1, 0.15) is 12.5 Å². The third-order valence-electron chi connectivity index (χ3n) is 2.81. The second-order valence-corrected chi connectivity index (χ2v) is 4.16. The van der Waals surface area contributed by atoms with E-state index >= 15 is 0 Å². The first kappa shape index (κ1) is 13.3. The van der Waals surface area contributed by atoms with Gasteiger partial charge in [-0.1, -0.05) is 24.3 Å². The van der Waals surface area contributed by atoms with E-state index in [1.54, 1.807) is 7.11 Å². The Bertz CT molecular complexity index is 508. The summed E-state index contributed by atoms with van der Waals surface area (Å²) in [5.74, 6) is 1.73. The minimum atomic E-state index is 0.548. The molecule has 0 aromatic heterocycles. The first-order valence-electron chi connectivity index (χ1n) is 6.42. The van der Waals surface area contributed by atoms with Gasteiger partial charge in [0.2, 0.25) is 0 Å². The molecule has 19 heavy (non-hydrogen) atoms. The van der Waals surface area contributed by atoms with E-state index in [9.17, 15) is 0 Å². The quantitative estimate of drug-likeness (QED) is 0.855. The Morgan fingerprint density at radius 2 is 1.74 bits per heavy atom. The molecule has 0 spiro atoms. The van der Waals surface area contributed by atoms with Crippen molar-refractivity contribution in [2.75, 3.05) is 19.0 Å². The molecular formula is C16H19NO2. The maximum absolute atomic E-state index is 5.85. The second-order valence-electron chi connectivity index (χ2n) is 4.16. The molecule has 0 saturated carbocycles. The zero-order chi connectivity index (χ0) is 13.5. The summed E-state index contributed by atoms with van der Waals surface area (Å²) in [6, 6.07) is 15.9. The molecule has 3 heteroatoms. The fourth-order valence-electron chi connectivity index (χ4n) is 1.81. The molecule has 0 radical (unpaired) electrons. The van der Waals surface area contributed by atoms with E-state index < -0.39 is 0 Å². The van der Waals surface area contributed by atoms with Crippen LogP contribution in [0.4, 0.5) is 5.69 Å². The summed E-state index contributed by atoms with van der Waals surface area (Å²) in [4.78, 5) is 0. The lowest BCUT2D eigenvalue weighted by atomic mass is 10.2. The zero-order valence-electron chi connectivity index (χ0n) is 11.3. The molecule has 0 unspecified atom stereocenters. The molecule has 100 valence electrons. The summed E-state index contributed by atoms with van der Waals surface area (Å²) in [7, 11) is 1.66. The van der Waals surface area contributed by atoms with Crippen molar-refractivity contribution in [2.24, 2.45) is 0 Å². The van der Waals surface area contributed by atoms with Gasteiger partial charge < -0.3 is 14.8 Å². The van der Waals surface area contributed by atoms with E-state index in [0.29, 0.717) is 6.61 Å². The number of rotatable bonds is 6. The summed E-state index contributed by atoms with van der Waals surface area (Å²) in [5, 5.41) is 3.29. The number of ether oxygens (including phenoxy) is 2. The second kappa shape index (κ2) is 6.69.